The fourth-order valence-corrected chi connectivity index (χ4v) is 4.38. The van der Waals surface area contributed by atoms with Crippen molar-refractivity contribution in [2.45, 2.75) is 51.1 Å². The van der Waals surface area contributed by atoms with Crippen molar-refractivity contribution >= 4 is 29.7 Å². The first kappa shape index (κ1) is 24.2. The van der Waals surface area contributed by atoms with Crippen LogP contribution in [0.3, 0.4) is 0 Å². The number of likely N-dealkylation sites (tertiary alicyclic amines) is 1. The van der Waals surface area contributed by atoms with Gasteiger partial charge in [0.05, 0.1) is 17.4 Å². The zero-order valence-corrected chi connectivity index (χ0v) is 18.4. The number of nitrogens with one attached hydrogen (secondary N) is 1. The molecule has 0 aromatic heterocycles. The minimum Gasteiger partial charge on any atom is -0.480 e. The van der Waals surface area contributed by atoms with Gasteiger partial charge in [-0.15, -0.1) is 0 Å². The Bertz CT molecular complexity index is 903. The Balaban J connectivity index is 1.49. The number of esters is 2. The lowest BCUT2D eigenvalue weighted by atomic mass is 9.95. The molecular formula is C23H28N2O8. The zero-order chi connectivity index (χ0) is 24.0. The summed E-state index contributed by atoms with van der Waals surface area (Å²) in [6, 6.07) is 6.47. The quantitative estimate of drug-likeness (QED) is 0.438. The molecule has 1 heterocycles. The van der Waals surface area contributed by atoms with Gasteiger partial charge in [0.15, 0.2) is 0 Å². The van der Waals surface area contributed by atoms with Crippen LogP contribution in [0, 0.1) is 11.8 Å². The number of ether oxygens (including phenoxy) is 2. The highest BCUT2D eigenvalue weighted by atomic mass is 16.7. The fourth-order valence-electron chi connectivity index (χ4n) is 4.38. The molecule has 1 saturated heterocycles. The third-order valence-corrected chi connectivity index (χ3v) is 6.11. The minimum atomic E-state index is -1.06. The van der Waals surface area contributed by atoms with Crippen LogP contribution < -0.4 is 5.32 Å². The van der Waals surface area contributed by atoms with E-state index in [1.807, 2.05) is 0 Å². The van der Waals surface area contributed by atoms with Crippen molar-refractivity contribution in [2.24, 2.45) is 11.8 Å². The Labute approximate surface area is 191 Å². The van der Waals surface area contributed by atoms with Crippen LogP contribution in [-0.4, -0.2) is 65.2 Å². The summed E-state index contributed by atoms with van der Waals surface area (Å²) in [5.41, 5.74) is 0.327. The molecule has 2 aliphatic rings. The highest BCUT2D eigenvalue weighted by molar-refractivity contribution is 5.92. The molecule has 10 nitrogen and oxygen atoms in total. The number of carboxylic acids is 1. The van der Waals surface area contributed by atoms with Crippen LogP contribution in [0.4, 0.5) is 0 Å². The fraction of sp³-hybridized carbons (Fsp3) is 0.522. The molecule has 33 heavy (non-hydrogen) atoms. The molecule has 4 atom stereocenters. The maximum absolute atomic E-state index is 12.8. The molecule has 0 bridgehead atoms. The van der Waals surface area contributed by atoms with Crippen LogP contribution in [0.2, 0.25) is 0 Å². The third-order valence-electron chi connectivity index (χ3n) is 6.11. The Hall–Kier alpha value is -3.43. The summed E-state index contributed by atoms with van der Waals surface area (Å²) >= 11 is 0. The van der Waals surface area contributed by atoms with E-state index in [1.54, 1.807) is 30.3 Å². The van der Waals surface area contributed by atoms with E-state index in [1.165, 1.54) is 11.8 Å². The highest BCUT2D eigenvalue weighted by Crippen LogP contribution is 2.33. The Morgan fingerprint density at radius 2 is 1.73 bits per heavy atom. The number of carbonyl (C=O) groups is 5. The van der Waals surface area contributed by atoms with E-state index in [9.17, 15) is 29.1 Å². The van der Waals surface area contributed by atoms with Gasteiger partial charge in [0, 0.05) is 6.54 Å². The number of carbonyl (C=O) groups excluding carboxylic acids is 4. The molecule has 1 aliphatic carbocycles. The van der Waals surface area contributed by atoms with Crippen LogP contribution in [0.5, 0.6) is 0 Å². The lowest BCUT2D eigenvalue weighted by molar-refractivity contribution is -0.160. The van der Waals surface area contributed by atoms with Crippen LogP contribution in [0.1, 0.15) is 49.4 Å². The Morgan fingerprint density at radius 1 is 1.03 bits per heavy atom. The number of hydrogen-bond donors (Lipinski definition) is 2. The van der Waals surface area contributed by atoms with Crippen LogP contribution in [0.25, 0.3) is 0 Å². The second kappa shape index (κ2) is 10.9. The Morgan fingerprint density at radius 3 is 2.42 bits per heavy atom. The van der Waals surface area contributed by atoms with Gasteiger partial charge < -0.3 is 24.8 Å². The van der Waals surface area contributed by atoms with Crippen molar-refractivity contribution < 1.29 is 38.6 Å². The second-order valence-electron chi connectivity index (χ2n) is 8.28. The molecule has 0 radical (unpaired) electrons. The van der Waals surface area contributed by atoms with Crippen molar-refractivity contribution in [1.29, 1.82) is 0 Å². The number of aliphatic carboxylic acids is 1. The monoisotopic (exact) mass is 460 g/mol. The summed E-state index contributed by atoms with van der Waals surface area (Å²) in [7, 11) is 0. The van der Waals surface area contributed by atoms with Gasteiger partial charge in [0.2, 0.25) is 18.6 Å². The van der Waals surface area contributed by atoms with Gasteiger partial charge in [-0.3, -0.25) is 14.4 Å². The Kier molecular flexibility index (Phi) is 8.02. The SMILES string of the molecule is C[C@H](NC(=O)[C@@H]1CCC[C@@H]1C(=O)OCOC(=O)c1ccccc1)C(=O)N1CCC[C@H]1C(=O)O. The first-order valence-corrected chi connectivity index (χ1v) is 11.0. The lowest BCUT2D eigenvalue weighted by Crippen LogP contribution is -2.51. The van der Waals surface area contributed by atoms with Crippen LogP contribution >= 0.6 is 0 Å². The van der Waals surface area contributed by atoms with Crippen LogP contribution in [-0.2, 0) is 28.7 Å². The molecule has 2 fully saturated rings. The van der Waals surface area contributed by atoms with Crippen molar-refractivity contribution in [3.8, 4) is 0 Å². The lowest BCUT2D eigenvalue weighted by Gasteiger charge is -2.26. The molecule has 0 unspecified atom stereocenters. The van der Waals surface area contributed by atoms with Crippen LogP contribution in [0.15, 0.2) is 30.3 Å². The average molecular weight is 460 g/mol. The van der Waals surface area contributed by atoms with Gasteiger partial charge in [-0.25, -0.2) is 9.59 Å². The summed E-state index contributed by atoms with van der Waals surface area (Å²) < 4.78 is 10.0. The van der Waals surface area contributed by atoms with Crippen molar-refractivity contribution in [1.82, 2.24) is 10.2 Å². The number of benzene rings is 1. The summed E-state index contributed by atoms with van der Waals surface area (Å²) in [5.74, 6) is -4.63. The van der Waals surface area contributed by atoms with Gasteiger partial charge in [-0.1, -0.05) is 24.6 Å². The van der Waals surface area contributed by atoms with Gasteiger partial charge in [-0.05, 0) is 44.7 Å². The zero-order valence-electron chi connectivity index (χ0n) is 18.4. The van der Waals surface area contributed by atoms with E-state index in [2.05, 4.69) is 5.32 Å². The minimum absolute atomic E-state index is 0.327. The summed E-state index contributed by atoms with van der Waals surface area (Å²) in [4.78, 5) is 62.5. The molecule has 1 aromatic rings. The second-order valence-corrected chi connectivity index (χ2v) is 8.28. The number of nitrogens with zero attached hydrogens (tertiary/aromatic N) is 1. The molecule has 0 spiro atoms. The summed E-state index contributed by atoms with van der Waals surface area (Å²) in [6.07, 6.45) is 2.51. The molecule has 2 N–H and O–H groups in total. The van der Waals surface area contributed by atoms with Gasteiger partial charge in [0.25, 0.3) is 0 Å². The molecule has 3 rings (SSSR count). The summed E-state index contributed by atoms with van der Waals surface area (Å²) in [6.45, 7) is 1.27. The number of amides is 2. The topological polar surface area (TPSA) is 139 Å². The number of rotatable bonds is 8. The molecule has 1 saturated carbocycles. The van der Waals surface area contributed by atoms with Crippen molar-refractivity contribution in [3.05, 3.63) is 35.9 Å². The third kappa shape index (κ3) is 5.88. The maximum atomic E-state index is 12.8. The molecule has 1 aliphatic heterocycles. The molecule has 2 amide bonds. The summed E-state index contributed by atoms with van der Waals surface area (Å²) in [5, 5.41) is 11.9. The van der Waals surface area contributed by atoms with Gasteiger partial charge >= 0.3 is 17.9 Å². The smallest absolute Gasteiger partial charge is 0.340 e. The first-order chi connectivity index (χ1) is 15.8. The van der Waals surface area contributed by atoms with Gasteiger partial charge in [-0.2, -0.15) is 0 Å². The largest absolute Gasteiger partial charge is 0.480 e. The van der Waals surface area contributed by atoms with Gasteiger partial charge in [0.1, 0.15) is 12.1 Å². The predicted molar refractivity (Wildman–Crippen MR) is 114 cm³/mol. The number of hydrogen-bond acceptors (Lipinski definition) is 7. The van der Waals surface area contributed by atoms with E-state index < -0.39 is 60.4 Å². The van der Waals surface area contributed by atoms with Crippen molar-refractivity contribution in [2.75, 3.05) is 13.3 Å². The standard InChI is InChI=1S/C23H28N2O8/c1-14(20(27)25-12-6-11-18(25)21(28)29)24-19(26)16-9-5-10-17(16)23(31)33-13-32-22(30)15-7-3-2-4-8-15/h2-4,7-8,14,16-18H,5-6,9-13H2,1H3,(H,24,26)(H,28,29)/t14-,16+,17-,18-/m0/s1. The maximum Gasteiger partial charge on any atom is 0.340 e. The number of carboxylic acid groups (broad SMARTS) is 1. The molecule has 178 valence electrons. The highest BCUT2D eigenvalue weighted by Gasteiger charge is 2.41. The first-order valence-electron chi connectivity index (χ1n) is 11.0. The molecule has 10 heteroatoms. The molecular weight excluding hydrogens is 432 g/mol. The van der Waals surface area contributed by atoms with E-state index in [-0.39, 0.29) is 0 Å². The molecule has 1 aromatic carbocycles. The van der Waals surface area contributed by atoms with E-state index in [4.69, 9.17) is 9.47 Å². The average Bonchev–Trinajstić information content (AvgIpc) is 3.49. The van der Waals surface area contributed by atoms with E-state index >= 15 is 0 Å². The van der Waals surface area contributed by atoms with Crippen molar-refractivity contribution in [3.63, 3.8) is 0 Å². The predicted octanol–water partition coefficient (Wildman–Crippen LogP) is 1.34. The van der Waals surface area contributed by atoms with E-state index in [0.717, 1.165) is 0 Å². The van der Waals surface area contributed by atoms with E-state index in [0.29, 0.717) is 44.2 Å². The normalized spacial score (nSPS) is 22.9.